The van der Waals surface area contributed by atoms with E-state index in [2.05, 4.69) is 26.8 Å². The van der Waals surface area contributed by atoms with E-state index in [0.717, 1.165) is 18.8 Å². The van der Waals surface area contributed by atoms with Crippen LogP contribution >= 0.6 is 0 Å². The summed E-state index contributed by atoms with van der Waals surface area (Å²) < 4.78 is 0. The van der Waals surface area contributed by atoms with Crippen LogP contribution in [0.5, 0.6) is 0 Å². The summed E-state index contributed by atoms with van der Waals surface area (Å²) in [5, 5.41) is 0. The number of aldehydes is 1. The molecule has 2 aliphatic carbocycles. The van der Waals surface area contributed by atoms with Crippen molar-refractivity contribution in [2.24, 2.45) is 23.2 Å². The van der Waals surface area contributed by atoms with Crippen molar-refractivity contribution in [1.29, 1.82) is 0 Å². The highest BCUT2D eigenvalue weighted by Crippen LogP contribution is 2.56. The molecule has 90 valence electrons. The zero-order chi connectivity index (χ0) is 11.8. The first kappa shape index (κ1) is 11.9. The van der Waals surface area contributed by atoms with Gasteiger partial charge in [0.05, 0.1) is 0 Å². The summed E-state index contributed by atoms with van der Waals surface area (Å²) in [5.41, 5.74) is 1.99. The van der Waals surface area contributed by atoms with Crippen molar-refractivity contribution in [2.45, 2.75) is 52.9 Å². The second-order valence-corrected chi connectivity index (χ2v) is 6.43. The summed E-state index contributed by atoms with van der Waals surface area (Å²) in [5.74, 6) is 1.76. The molecule has 0 N–H and O–H groups in total. The SMILES string of the molecule is C/C1=C\CC[C@@H](C=O)[C@@H]2CC(C)(C)[C@@H]2CC1. The van der Waals surface area contributed by atoms with Gasteiger partial charge in [0.2, 0.25) is 0 Å². The van der Waals surface area contributed by atoms with Crippen LogP contribution in [0.4, 0.5) is 0 Å². The average Bonchev–Trinajstić information content (AvgIpc) is 2.27. The van der Waals surface area contributed by atoms with Crippen LogP contribution < -0.4 is 0 Å². The maximum atomic E-state index is 11.2. The average molecular weight is 220 g/mol. The molecule has 1 heteroatoms. The Morgan fingerprint density at radius 3 is 2.75 bits per heavy atom. The van der Waals surface area contributed by atoms with E-state index in [0.29, 0.717) is 17.3 Å². The molecule has 0 amide bonds. The smallest absolute Gasteiger partial charge is 0.123 e. The van der Waals surface area contributed by atoms with Crippen molar-refractivity contribution in [3.05, 3.63) is 11.6 Å². The first-order chi connectivity index (χ1) is 7.54. The molecular weight excluding hydrogens is 196 g/mol. The maximum Gasteiger partial charge on any atom is 0.123 e. The monoisotopic (exact) mass is 220 g/mol. The van der Waals surface area contributed by atoms with Gasteiger partial charge in [0, 0.05) is 5.92 Å². The van der Waals surface area contributed by atoms with Crippen LogP contribution in [0.25, 0.3) is 0 Å². The van der Waals surface area contributed by atoms with Crippen molar-refractivity contribution in [1.82, 2.24) is 0 Å². The normalized spacial score (nSPS) is 41.4. The summed E-state index contributed by atoms with van der Waals surface area (Å²) in [4.78, 5) is 11.2. The molecule has 1 nitrogen and oxygen atoms in total. The predicted octanol–water partition coefficient (Wildman–Crippen LogP) is 3.98. The van der Waals surface area contributed by atoms with Gasteiger partial charge in [-0.25, -0.2) is 0 Å². The summed E-state index contributed by atoms with van der Waals surface area (Å²) in [6.45, 7) is 6.97. The Morgan fingerprint density at radius 1 is 1.38 bits per heavy atom. The van der Waals surface area contributed by atoms with Crippen molar-refractivity contribution in [3.8, 4) is 0 Å². The van der Waals surface area contributed by atoms with Crippen LogP contribution in [-0.2, 0) is 4.79 Å². The van der Waals surface area contributed by atoms with Crippen LogP contribution in [0.3, 0.4) is 0 Å². The fraction of sp³-hybridized carbons (Fsp3) is 0.800. The van der Waals surface area contributed by atoms with Crippen LogP contribution in [0.1, 0.15) is 52.9 Å². The number of fused-ring (bicyclic) bond motifs is 1. The number of hydrogen-bond donors (Lipinski definition) is 0. The zero-order valence-electron chi connectivity index (χ0n) is 10.8. The van der Waals surface area contributed by atoms with Crippen LogP contribution in [-0.4, -0.2) is 6.29 Å². The quantitative estimate of drug-likeness (QED) is 0.482. The molecule has 0 aliphatic heterocycles. The molecule has 0 aromatic carbocycles. The van der Waals surface area contributed by atoms with Crippen molar-refractivity contribution in [3.63, 3.8) is 0 Å². The third-order valence-corrected chi connectivity index (χ3v) is 4.85. The van der Waals surface area contributed by atoms with Gasteiger partial charge in [-0.1, -0.05) is 25.5 Å². The van der Waals surface area contributed by atoms with E-state index in [1.165, 1.54) is 31.1 Å². The minimum Gasteiger partial charge on any atom is -0.303 e. The van der Waals surface area contributed by atoms with Gasteiger partial charge < -0.3 is 4.79 Å². The molecule has 0 spiro atoms. The molecule has 0 radical (unpaired) electrons. The number of allylic oxidation sites excluding steroid dienone is 2. The molecule has 0 bridgehead atoms. The highest BCUT2D eigenvalue weighted by atomic mass is 16.1. The highest BCUT2D eigenvalue weighted by molar-refractivity contribution is 5.54. The van der Waals surface area contributed by atoms with Gasteiger partial charge in [-0.3, -0.25) is 0 Å². The van der Waals surface area contributed by atoms with Crippen LogP contribution in [0.2, 0.25) is 0 Å². The molecule has 0 unspecified atom stereocenters. The molecule has 3 atom stereocenters. The fourth-order valence-electron chi connectivity index (χ4n) is 3.77. The minimum absolute atomic E-state index is 0.320. The lowest BCUT2D eigenvalue weighted by molar-refractivity contribution is -0.121. The first-order valence-electron chi connectivity index (χ1n) is 6.65. The lowest BCUT2D eigenvalue weighted by Gasteiger charge is -2.54. The highest BCUT2D eigenvalue weighted by Gasteiger charge is 2.49. The van der Waals surface area contributed by atoms with E-state index in [4.69, 9.17) is 0 Å². The van der Waals surface area contributed by atoms with Gasteiger partial charge >= 0.3 is 0 Å². The first-order valence-corrected chi connectivity index (χ1v) is 6.65. The van der Waals surface area contributed by atoms with E-state index in [1.807, 2.05) is 0 Å². The van der Waals surface area contributed by atoms with Crippen molar-refractivity contribution >= 4 is 6.29 Å². The number of carbonyl (C=O) groups excluding carboxylic acids is 1. The zero-order valence-corrected chi connectivity index (χ0v) is 10.8. The molecule has 0 aromatic rings. The van der Waals surface area contributed by atoms with Gasteiger partial charge in [-0.05, 0) is 56.3 Å². The third-order valence-electron chi connectivity index (χ3n) is 4.85. The number of hydrogen-bond acceptors (Lipinski definition) is 1. The molecule has 16 heavy (non-hydrogen) atoms. The van der Waals surface area contributed by atoms with Gasteiger partial charge in [-0.15, -0.1) is 0 Å². The van der Waals surface area contributed by atoms with E-state index in [1.54, 1.807) is 0 Å². The van der Waals surface area contributed by atoms with E-state index < -0.39 is 0 Å². The fourth-order valence-corrected chi connectivity index (χ4v) is 3.77. The Hall–Kier alpha value is -0.590. The van der Waals surface area contributed by atoms with Crippen LogP contribution in [0.15, 0.2) is 11.6 Å². The minimum atomic E-state index is 0.320. The Bertz CT molecular complexity index is 301. The van der Waals surface area contributed by atoms with Crippen LogP contribution in [0, 0.1) is 23.2 Å². The molecule has 2 rings (SSSR count). The van der Waals surface area contributed by atoms with Crippen molar-refractivity contribution < 1.29 is 4.79 Å². The molecule has 1 saturated carbocycles. The second-order valence-electron chi connectivity index (χ2n) is 6.43. The Morgan fingerprint density at radius 2 is 2.12 bits per heavy atom. The third kappa shape index (κ3) is 2.09. The van der Waals surface area contributed by atoms with E-state index >= 15 is 0 Å². The summed E-state index contributed by atoms with van der Waals surface area (Å²) in [6.07, 6.45) is 9.49. The van der Waals surface area contributed by atoms with Crippen molar-refractivity contribution in [2.75, 3.05) is 0 Å². The molecule has 1 fully saturated rings. The molecule has 2 aliphatic rings. The second kappa shape index (κ2) is 4.35. The van der Waals surface area contributed by atoms with Gasteiger partial charge in [0.15, 0.2) is 0 Å². The number of rotatable bonds is 1. The largest absolute Gasteiger partial charge is 0.303 e. The lowest BCUT2D eigenvalue weighted by Crippen LogP contribution is -2.47. The van der Waals surface area contributed by atoms with Gasteiger partial charge in [-0.2, -0.15) is 0 Å². The molecular formula is C15H24O. The van der Waals surface area contributed by atoms with E-state index in [-0.39, 0.29) is 0 Å². The Balaban J connectivity index is 2.13. The van der Waals surface area contributed by atoms with E-state index in [9.17, 15) is 4.79 Å². The summed E-state index contributed by atoms with van der Waals surface area (Å²) >= 11 is 0. The number of carbonyl (C=O) groups is 1. The molecule has 0 aromatic heterocycles. The predicted molar refractivity (Wildman–Crippen MR) is 67.2 cm³/mol. The summed E-state index contributed by atoms with van der Waals surface area (Å²) in [6, 6.07) is 0. The topological polar surface area (TPSA) is 17.1 Å². The Labute approximate surface area is 99.3 Å². The standard InChI is InChI=1S/C15H24O/c1-11-5-4-6-12(10-16)13-9-15(2,3)14(13)8-7-11/h5,10,12-14H,4,6-9H2,1-3H3/b11-5+/t12-,13-,14+/m0/s1. The van der Waals surface area contributed by atoms with Gasteiger partial charge in [0.1, 0.15) is 6.29 Å². The summed E-state index contributed by atoms with van der Waals surface area (Å²) in [7, 11) is 0. The van der Waals surface area contributed by atoms with Gasteiger partial charge in [0.25, 0.3) is 0 Å². The maximum absolute atomic E-state index is 11.2. The Kier molecular flexibility index (Phi) is 3.23. The molecule has 0 heterocycles. The molecule has 0 saturated heterocycles. The lowest BCUT2D eigenvalue weighted by atomic mass is 9.51.